The number of anilines is 1. The topological polar surface area (TPSA) is 63.4 Å². The number of hydrogen-bond acceptors (Lipinski definition) is 5. The van der Waals surface area contributed by atoms with Crippen LogP contribution in [0.2, 0.25) is 0 Å². The van der Waals surface area contributed by atoms with E-state index in [-0.39, 0.29) is 11.1 Å². The van der Waals surface area contributed by atoms with Gasteiger partial charge in [-0.05, 0) is 24.1 Å². The number of benzene rings is 1. The maximum absolute atomic E-state index is 12.2. The van der Waals surface area contributed by atoms with Crippen LogP contribution < -0.4 is 5.73 Å². The Hall–Kier alpha value is -0.720. The summed E-state index contributed by atoms with van der Waals surface area (Å²) in [6, 6.07) is 5.97. The van der Waals surface area contributed by atoms with Gasteiger partial charge >= 0.3 is 0 Å². The molecule has 0 radical (unpaired) electrons. The molecule has 1 atom stereocenters. The maximum Gasteiger partial charge on any atom is 0.166 e. The Morgan fingerprint density at radius 1 is 1.45 bits per heavy atom. The van der Waals surface area contributed by atoms with Gasteiger partial charge < -0.3 is 5.73 Å². The van der Waals surface area contributed by atoms with Gasteiger partial charge in [-0.3, -0.25) is 4.90 Å². The smallest absolute Gasteiger partial charge is 0.166 e. The van der Waals surface area contributed by atoms with Gasteiger partial charge in [0.2, 0.25) is 0 Å². The molecule has 2 N–H and O–H groups in total. The van der Waals surface area contributed by atoms with E-state index < -0.39 is 9.84 Å². The molecule has 1 saturated heterocycles. The Morgan fingerprint density at radius 3 is 2.85 bits per heavy atom. The molecule has 1 heterocycles. The van der Waals surface area contributed by atoms with Crippen LogP contribution in [0.4, 0.5) is 5.69 Å². The highest BCUT2D eigenvalue weighted by molar-refractivity contribution is 8.01. The zero-order valence-corrected chi connectivity index (χ0v) is 13.6. The Morgan fingerprint density at radius 2 is 2.20 bits per heavy atom. The second-order valence-corrected chi connectivity index (χ2v) is 8.74. The molecule has 1 aliphatic heterocycles. The highest BCUT2D eigenvalue weighted by Crippen LogP contribution is 2.24. The van der Waals surface area contributed by atoms with Crippen molar-refractivity contribution < 1.29 is 8.42 Å². The summed E-state index contributed by atoms with van der Waals surface area (Å²) in [6.07, 6.45) is 0. The fourth-order valence-corrected chi connectivity index (χ4v) is 5.42. The normalized spacial score (nSPS) is 21.0. The van der Waals surface area contributed by atoms with Gasteiger partial charge in [0.05, 0.1) is 0 Å². The van der Waals surface area contributed by atoms with Gasteiger partial charge in [0, 0.05) is 36.0 Å². The molecule has 0 amide bonds. The van der Waals surface area contributed by atoms with Crippen molar-refractivity contribution in [3.8, 4) is 0 Å². The lowest BCUT2D eigenvalue weighted by molar-refractivity contribution is 0.262. The first-order valence-corrected chi connectivity index (χ1v) is 9.69. The molecular weight excluding hydrogens is 292 g/mol. The molecule has 1 unspecified atom stereocenters. The summed E-state index contributed by atoms with van der Waals surface area (Å²) >= 11 is 1.72. The van der Waals surface area contributed by atoms with Crippen molar-refractivity contribution in [2.75, 3.05) is 29.5 Å². The largest absolute Gasteiger partial charge is 0.399 e. The van der Waals surface area contributed by atoms with Crippen LogP contribution in [0.25, 0.3) is 0 Å². The fraction of sp³-hybridized carbons (Fsp3) is 0.571. The first-order valence-electron chi connectivity index (χ1n) is 6.82. The zero-order chi connectivity index (χ0) is 14.8. The van der Waals surface area contributed by atoms with Gasteiger partial charge in [0.25, 0.3) is 0 Å². The molecule has 1 aromatic rings. The first-order chi connectivity index (χ1) is 9.44. The van der Waals surface area contributed by atoms with Gasteiger partial charge in [-0.25, -0.2) is 8.42 Å². The number of aryl methyl sites for hydroxylation is 1. The van der Waals surface area contributed by atoms with Crippen LogP contribution in [0.15, 0.2) is 18.2 Å². The number of nitrogen functional groups attached to an aromatic ring is 1. The number of hydrogen-bond donors (Lipinski definition) is 1. The molecule has 6 heteroatoms. The van der Waals surface area contributed by atoms with E-state index in [1.807, 2.05) is 25.1 Å². The Labute approximate surface area is 125 Å². The Balaban J connectivity index is 2.18. The second kappa shape index (κ2) is 6.37. The lowest BCUT2D eigenvalue weighted by atomic mass is 10.1. The second-order valence-electron chi connectivity index (χ2n) is 5.14. The first kappa shape index (κ1) is 15.7. The molecule has 1 aliphatic rings. The molecule has 2 rings (SSSR count). The molecule has 0 aromatic heterocycles. The molecular formula is C14H22N2O2S2. The van der Waals surface area contributed by atoms with Crippen molar-refractivity contribution in [1.29, 1.82) is 0 Å². The van der Waals surface area contributed by atoms with Crippen molar-refractivity contribution in [3.05, 3.63) is 29.3 Å². The minimum atomic E-state index is -3.03. The molecule has 112 valence electrons. The number of thioether (sulfide) groups is 1. The molecule has 1 fully saturated rings. The minimum Gasteiger partial charge on any atom is -0.399 e. The van der Waals surface area contributed by atoms with Gasteiger partial charge in [-0.15, -0.1) is 0 Å². The SMILES string of the molecule is CCS(=O)(=O)C1CSCCN1Cc1ccc(C)c(N)c1. The van der Waals surface area contributed by atoms with Crippen LogP contribution in [0.3, 0.4) is 0 Å². The molecule has 4 nitrogen and oxygen atoms in total. The van der Waals surface area contributed by atoms with Crippen molar-refractivity contribution in [2.45, 2.75) is 25.8 Å². The monoisotopic (exact) mass is 314 g/mol. The van der Waals surface area contributed by atoms with Crippen molar-refractivity contribution >= 4 is 27.3 Å². The van der Waals surface area contributed by atoms with Crippen molar-refractivity contribution in [3.63, 3.8) is 0 Å². The zero-order valence-electron chi connectivity index (χ0n) is 12.0. The van der Waals surface area contributed by atoms with E-state index in [0.29, 0.717) is 12.3 Å². The van der Waals surface area contributed by atoms with Crippen LogP contribution >= 0.6 is 11.8 Å². The minimum absolute atomic E-state index is 0.199. The van der Waals surface area contributed by atoms with Gasteiger partial charge in [-0.2, -0.15) is 11.8 Å². The predicted octanol–water partition coefficient (Wildman–Crippen LogP) is 1.89. The summed E-state index contributed by atoms with van der Waals surface area (Å²) in [7, 11) is -3.03. The van der Waals surface area contributed by atoms with E-state index in [1.165, 1.54) is 0 Å². The van der Waals surface area contributed by atoms with E-state index >= 15 is 0 Å². The van der Waals surface area contributed by atoms with Gasteiger partial charge in [0.1, 0.15) is 5.37 Å². The lowest BCUT2D eigenvalue weighted by Crippen LogP contribution is -2.47. The fourth-order valence-electron chi connectivity index (χ4n) is 2.34. The van der Waals surface area contributed by atoms with E-state index in [1.54, 1.807) is 18.7 Å². The number of sulfone groups is 1. The third-order valence-electron chi connectivity index (χ3n) is 3.74. The van der Waals surface area contributed by atoms with Crippen molar-refractivity contribution in [2.24, 2.45) is 0 Å². The quantitative estimate of drug-likeness (QED) is 0.860. The number of nitrogens with two attached hydrogens (primary N) is 1. The molecule has 0 saturated carbocycles. The Kier molecular flexibility index (Phi) is 4.99. The van der Waals surface area contributed by atoms with Crippen LogP contribution in [0, 0.1) is 6.92 Å². The predicted molar refractivity (Wildman–Crippen MR) is 86.6 cm³/mol. The van der Waals surface area contributed by atoms with E-state index in [2.05, 4.69) is 4.90 Å². The summed E-state index contributed by atoms with van der Waals surface area (Å²) in [5.41, 5.74) is 8.83. The highest BCUT2D eigenvalue weighted by atomic mass is 32.2. The standard InChI is InChI=1S/C14H22N2O2S2/c1-3-20(17,18)14-10-19-7-6-16(14)9-12-5-4-11(2)13(15)8-12/h4-5,8,14H,3,6-7,9-10,15H2,1-2H3. The number of rotatable bonds is 4. The summed E-state index contributed by atoms with van der Waals surface area (Å²) in [4.78, 5) is 2.07. The van der Waals surface area contributed by atoms with Gasteiger partial charge in [0.15, 0.2) is 9.84 Å². The molecule has 0 aliphatic carbocycles. The Bertz CT molecular complexity index is 573. The average Bonchev–Trinajstić information content (AvgIpc) is 2.43. The third kappa shape index (κ3) is 3.48. The van der Waals surface area contributed by atoms with Crippen LogP contribution in [-0.2, 0) is 16.4 Å². The van der Waals surface area contributed by atoms with E-state index in [4.69, 9.17) is 5.73 Å². The molecule has 0 spiro atoms. The highest BCUT2D eigenvalue weighted by Gasteiger charge is 2.32. The van der Waals surface area contributed by atoms with Gasteiger partial charge in [-0.1, -0.05) is 19.1 Å². The average molecular weight is 314 g/mol. The third-order valence-corrected chi connectivity index (χ3v) is 7.07. The molecule has 0 bridgehead atoms. The van der Waals surface area contributed by atoms with Crippen LogP contribution in [0.1, 0.15) is 18.1 Å². The summed E-state index contributed by atoms with van der Waals surface area (Å²) < 4.78 is 24.4. The maximum atomic E-state index is 12.2. The molecule has 20 heavy (non-hydrogen) atoms. The summed E-state index contributed by atoms with van der Waals surface area (Å²) in [6.45, 7) is 5.15. The van der Waals surface area contributed by atoms with E-state index in [0.717, 1.165) is 29.1 Å². The van der Waals surface area contributed by atoms with Crippen LogP contribution in [0.5, 0.6) is 0 Å². The summed E-state index contributed by atoms with van der Waals surface area (Å²) in [5, 5.41) is -0.367. The van der Waals surface area contributed by atoms with Crippen LogP contribution in [-0.4, -0.2) is 42.5 Å². The number of nitrogens with zero attached hydrogens (tertiary/aromatic N) is 1. The summed E-state index contributed by atoms with van der Waals surface area (Å²) in [5.74, 6) is 1.85. The van der Waals surface area contributed by atoms with Crippen molar-refractivity contribution in [1.82, 2.24) is 4.90 Å². The lowest BCUT2D eigenvalue weighted by Gasteiger charge is -2.34. The molecule has 1 aromatic carbocycles. The van der Waals surface area contributed by atoms with E-state index in [9.17, 15) is 8.42 Å².